The minimum absolute atomic E-state index is 0.0654. The fourth-order valence-electron chi connectivity index (χ4n) is 4.93. The number of hydrogen-bond donors (Lipinski definition) is 1. The summed E-state index contributed by atoms with van der Waals surface area (Å²) >= 11 is 0. The molecule has 5 nitrogen and oxygen atoms in total. The molecule has 0 spiro atoms. The van der Waals surface area contributed by atoms with E-state index in [1.165, 1.54) is 11.1 Å². The molecule has 0 saturated carbocycles. The molecule has 1 saturated heterocycles. The number of imidazole rings is 1. The first kappa shape index (κ1) is 21.6. The number of nitrogens with zero attached hydrogens (tertiary/aromatic N) is 2. The zero-order valence-corrected chi connectivity index (χ0v) is 19.2. The summed E-state index contributed by atoms with van der Waals surface area (Å²) in [6.07, 6.45) is 1.38. The van der Waals surface area contributed by atoms with E-state index in [0.717, 1.165) is 22.4 Å². The van der Waals surface area contributed by atoms with Gasteiger partial charge in [-0.15, -0.1) is 0 Å². The van der Waals surface area contributed by atoms with Gasteiger partial charge in [0.25, 0.3) is 0 Å². The molecule has 0 radical (unpaired) electrons. The van der Waals surface area contributed by atoms with Gasteiger partial charge in [-0.05, 0) is 65.2 Å². The van der Waals surface area contributed by atoms with Crippen molar-refractivity contribution in [1.82, 2.24) is 14.9 Å². The molecule has 164 valence electrons. The van der Waals surface area contributed by atoms with Crippen molar-refractivity contribution in [2.45, 2.75) is 65.0 Å². The zero-order chi connectivity index (χ0) is 22.2. The highest BCUT2D eigenvalue weighted by Gasteiger charge is 2.42. The molecule has 2 heterocycles. The molecular formula is C26H33N3O2. The van der Waals surface area contributed by atoms with Crippen LogP contribution in [0.25, 0.3) is 11.0 Å². The number of ether oxygens (including phenoxy) is 1. The first-order valence-corrected chi connectivity index (χ1v) is 11.3. The van der Waals surface area contributed by atoms with Crippen LogP contribution in [0.3, 0.4) is 0 Å². The summed E-state index contributed by atoms with van der Waals surface area (Å²) in [6, 6.07) is 14.7. The third-order valence-electron chi connectivity index (χ3n) is 6.43. The Bertz CT molecular complexity index is 1070. The molecule has 5 heteroatoms. The molecule has 1 N–H and O–H groups in total. The minimum Gasteiger partial charge on any atom is -0.381 e. The van der Waals surface area contributed by atoms with Gasteiger partial charge in [0.1, 0.15) is 5.82 Å². The Balaban J connectivity index is 1.70. The Hall–Kier alpha value is -2.66. The lowest BCUT2D eigenvalue weighted by molar-refractivity contribution is -0.131. The highest BCUT2D eigenvalue weighted by Crippen LogP contribution is 2.37. The Morgan fingerprint density at radius 1 is 1.06 bits per heavy atom. The van der Waals surface area contributed by atoms with Gasteiger partial charge in [-0.25, -0.2) is 4.98 Å². The van der Waals surface area contributed by atoms with E-state index < -0.39 is 5.41 Å². The van der Waals surface area contributed by atoms with Crippen molar-refractivity contribution < 1.29 is 9.53 Å². The highest BCUT2D eigenvalue weighted by atomic mass is 16.5. The van der Waals surface area contributed by atoms with E-state index in [9.17, 15) is 4.79 Å². The quantitative estimate of drug-likeness (QED) is 0.621. The number of carbonyl (C=O) groups is 1. The maximum Gasteiger partial charge on any atom is 0.231 e. The predicted octanol–water partition coefficient (Wildman–Crippen LogP) is 5.16. The third-order valence-corrected chi connectivity index (χ3v) is 6.43. The number of hydrogen-bond acceptors (Lipinski definition) is 3. The summed E-state index contributed by atoms with van der Waals surface area (Å²) in [5, 5.41) is 3.32. The lowest BCUT2D eigenvalue weighted by atomic mass is 9.72. The lowest BCUT2D eigenvalue weighted by Gasteiger charge is -2.37. The number of rotatable bonds is 5. The standard InChI is InChI=1S/C26H33N3O2/c1-17(2)29-23-9-7-6-8-22(23)28-24(29)20(5)27-25(30)26(10-12-31-13-11-26)21-15-18(3)14-19(4)16-21/h6-9,14-17,20H,10-13H2,1-5H3,(H,27,30). The van der Waals surface area contributed by atoms with Crippen LogP contribution in [0.5, 0.6) is 0 Å². The summed E-state index contributed by atoms with van der Waals surface area (Å²) in [5.41, 5.74) is 4.95. The van der Waals surface area contributed by atoms with Crippen LogP contribution >= 0.6 is 0 Å². The maximum absolute atomic E-state index is 13.8. The summed E-state index contributed by atoms with van der Waals surface area (Å²) in [5.74, 6) is 0.961. The zero-order valence-electron chi connectivity index (χ0n) is 19.2. The smallest absolute Gasteiger partial charge is 0.231 e. The predicted molar refractivity (Wildman–Crippen MR) is 124 cm³/mol. The SMILES string of the molecule is Cc1cc(C)cc(C2(C(=O)NC(C)c3nc4ccccc4n3C(C)C)CCOCC2)c1. The summed E-state index contributed by atoms with van der Waals surface area (Å²) in [4.78, 5) is 18.7. The van der Waals surface area contributed by atoms with Gasteiger partial charge in [0.05, 0.1) is 22.5 Å². The normalized spacial score (nSPS) is 17.1. The average Bonchev–Trinajstić information content (AvgIpc) is 3.13. The van der Waals surface area contributed by atoms with Gasteiger partial charge in [0.2, 0.25) is 5.91 Å². The van der Waals surface area contributed by atoms with Crippen molar-refractivity contribution in [2.75, 3.05) is 13.2 Å². The molecule has 0 aliphatic carbocycles. The van der Waals surface area contributed by atoms with E-state index in [1.807, 2.05) is 25.1 Å². The van der Waals surface area contributed by atoms with Crippen LogP contribution in [0.2, 0.25) is 0 Å². The number of benzene rings is 2. The second-order valence-electron chi connectivity index (χ2n) is 9.19. The molecule has 1 aliphatic heterocycles. The Labute approximate surface area is 184 Å². The second-order valence-corrected chi connectivity index (χ2v) is 9.19. The summed E-state index contributed by atoms with van der Waals surface area (Å²) in [6.45, 7) is 11.7. The van der Waals surface area contributed by atoms with E-state index in [4.69, 9.17) is 9.72 Å². The van der Waals surface area contributed by atoms with E-state index >= 15 is 0 Å². The number of aromatic nitrogens is 2. The average molecular weight is 420 g/mol. The lowest BCUT2D eigenvalue weighted by Crippen LogP contribution is -2.49. The second kappa shape index (κ2) is 8.46. The van der Waals surface area contributed by atoms with Gasteiger partial charge in [-0.3, -0.25) is 4.79 Å². The topological polar surface area (TPSA) is 56.2 Å². The third kappa shape index (κ3) is 3.99. The number of amides is 1. The molecule has 4 rings (SSSR count). The largest absolute Gasteiger partial charge is 0.381 e. The number of fused-ring (bicyclic) bond motifs is 1. The molecule has 1 unspecified atom stereocenters. The van der Waals surface area contributed by atoms with Crippen LogP contribution in [0.15, 0.2) is 42.5 Å². The highest BCUT2D eigenvalue weighted by molar-refractivity contribution is 5.89. The van der Waals surface area contributed by atoms with Crippen LogP contribution in [0, 0.1) is 13.8 Å². The van der Waals surface area contributed by atoms with Gasteiger partial charge >= 0.3 is 0 Å². The van der Waals surface area contributed by atoms with E-state index in [0.29, 0.717) is 26.1 Å². The van der Waals surface area contributed by atoms with E-state index in [1.54, 1.807) is 0 Å². The van der Waals surface area contributed by atoms with Gasteiger partial charge in [-0.2, -0.15) is 0 Å². The first-order valence-electron chi connectivity index (χ1n) is 11.3. The van der Waals surface area contributed by atoms with Crippen LogP contribution in [0.1, 0.15) is 68.2 Å². The Morgan fingerprint density at radius 3 is 2.35 bits per heavy atom. The van der Waals surface area contributed by atoms with Crippen molar-refractivity contribution in [3.63, 3.8) is 0 Å². The number of aryl methyl sites for hydroxylation is 2. The van der Waals surface area contributed by atoms with Crippen molar-refractivity contribution in [2.24, 2.45) is 0 Å². The van der Waals surface area contributed by atoms with Gasteiger partial charge in [0, 0.05) is 19.3 Å². The number of carbonyl (C=O) groups excluding carboxylic acids is 1. The molecule has 1 atom stereocenters. The number of para-hydroxylation sites is 2. The van der Waals surface area contributed by atoms with Crippen molar-refractivity contribution >= 4 is 16.9 Å². The van der Waals surface area contributed by atoms with Crippen LogP contribution in [-0.4, -0.2) is 28.7 Å². The monoisotopic (exact) mass is 419 g/mol. The Kier molecular flexibility index (Phi) is 5.89. The summed E-state index contributed by atoms with van der Waals surface area (Å²) < 4.78 is 7.87. The minimum atomic E-state index is -0.571. The molecule has 1 fully saturated rings. The molecule has 3 aromatic rings. The fraction of sp³-hybridized carbons (Fsp3) is 0.462. The van der Waals surface area contributed by atoms with Gasteiger partial charge < -0.3 is 14.6 Å². The van der Waals surface area contributed by atoms with Crippen LogP contribution < -0.4 is 5.32 Å². The molecule has 2 aromatic carbocycles. The molecular weight excluding hydrogens is 386 g/mol. The molecule has 0 bridgehead atoms. The molecule has 1 amide bonds. The van der Waals surface area contributed by atoms with Crippen molar-refractivity contribution in [1.29, 1.82) is 0 Å². The fourth-order valence-corrected chi connectivity index (χ4v) is 4.93. The van der Waals surface area contributed by atoms with Crippen LogP contribution in [0.4, 0.5) is 0 Å². The first-order chi connectivity index (χ1) is 14.8. The van der Waals surface area contributed by atoms with Gasteiger partial charge in [-0.1, -0.05) is 41.5 Å². The van der Waals surface area contributed by atoms with Crippen molar-refractivity contribution in [3.05, 3.63) is 65.0 Å². The van der Waals surface area contributed by atoms with Crippen LogP contribution in [-0.2, 0) is 14.9 Å². The van der Waals surface area contributed by atoms with E-state index in [-0.39, 0.29) is 18.0 Å². The van der Waals surface area contributed by atoms with Crippen molar-refractivity contribution in [3.8, 4) is 0 Å². The molecule has 31 heavy (non-hydrogen) atoms. The number of nitrogens with one attached hydrogen (secondary N) is 1. The van der Waals surface area contributed by atoms with Gasteiger partial charge in [0.15, 0.2) is 0 Å². The molecule has 1 aliphatic rings. The summed E-state index contributed by atoms with van der Waals surface area (Å²) in [7, 11) is 0. The maximum atomic E-state index is 13.8. The molecule has 1 aromatic heterocycles. The van der Waals surface area contributed by atoms with E-state index in [2.05, 4.69) is 61.8 Å². The Morgan fingerprint density at radius 2 is 1.71 bits per heavy atom.